The van der Waals surface area contributed by atoms with E-state index in [4.69, 9.17) is 21.7 Å². The number of amides is 1. The second kappa shape index (κ2) is 10.7. The molecule has 0 saturated carbocycles. The molecule has 1 aliphatic heterocycles. The SMILES string of the molecule is CCOc1cc(/C=C2\SC(=S)N(Cc3ccccc3)C2=O)ccc1OCc1ccc(C)cc1. The summed E-state index contributed by atoms with van der Waals surface area (Å²) in [5, 5.41) is 0. The molecule has 0 atom stereocenters. The van der Waals surface area contributed by atoms with Gasteiger partial charge in [-0.2, -0.15) is 0 Å². The average Bonchev–Trinajstić information content (AvgIpc) is 3.08. The standard InChI is InChI=1S/C27H25NO3S2/c1-3-30-24-15-22(13-14-23(24)31-18-21-11-9-19(2)10-12-21)16-25-26(29)28(27(32)33-25)17-20-7-5-4-6-8-20/h4-16H,3,17-18H2,1-2H3/b25-16-. The van der Waals surface area contributed by atoms with Crippen molar-refractivity contribution in [2.24, 2.45) is 0 Å². The predicted molar refractivity (Wildman–Crippen MR) is 138 cm³/mol. The van der Waals surface area contributed by atoms with Gasteiger partial charge in [0.1, 0.15) is 10.9 Å². The quantitative estimate of drug-likeness (QED) is 0.279. The van der Waals surface area contributed by atoms with Crippen LogP contribution in [0.1, 0.15) is 29.2 Å². The van der Waals surface area contributed by atoms with Crippen LogP contribution in [0.4, 0.5) is 0 Å². The van der Waals surface area contributed by atoms with Crippen LogP contribution in [-0.4, -0.2) is 21.7 Å². The number of benzene rings is 3. The van der Waals surface area contributed by atoms with Gasteiger partial charge in [0.05, 0.1) is 18.1 Å². The third-order valence-electron chi connectivity index (χ3n) is 5.14. The summed E-state index contributed by atoms with van der Waals surface area (Å²) in [5.41, 5.74) is 4.21. The van der Waals surface area contributed by atoms with Crippen LogP contribution < -0.4 is 9.47 Å². The van der Waals surface area contributed by atoms with Crippen LogP contribution in [0.5, 0.6) is 11.5 Å². The molecule has 0 bridgehead atoms. The summed E-state index contributed by atoms with van der Waals surface area (Å²) in [6.07, 6.45) is 1.86. The van der Waals surface area contributed by atoms with Crippen molar-refractivity contribution < 1.29 is 14.3 Å². The normalized spacial score (nSPS) is 14.7. The van der Waals surface area contributed by atoms with Crippen molar-refractivity contribution in [2.75, 3.05) is 6.61 Å². The van der Waals surface area contributed by atoms with E-state index < -0.39 is 0 Å². The molecule has 0 spiro atoms. The van der Waals surface area contributed by atoms with Crippen molar-refractivity contribution in [3.05, 3.63) is 100.0 Å². The molecule has 3 aromatic carbocycles. The summed E-state index contributed by atoms with van der Waals surface area (Å²) >= 11 is 6.79. The highest BCUT2D eigenvalue weighted by atomic mass is 32.2. The summed E-state index contributed by atoms with van der Waals surface area (Å²) in [4.78, 5) is 15.2. The zero-order chi connectivity index (χ0) is 23.2. The lowest BCUT2D eigenvalue weighted by Gasteiger charge is -2.14. The number of ether oxygens (including phenoxy) is 2. The Kier molecular flexibility index (Phi) is 7.47. The Hall–Kier alpha value is -3.09. The number of thioether (sulfide) groups is 1. The Bertz CT molecular complexity index is 1170. The van der Waals surface area contributed by atoms with E-state index in [2.05, 4.69) is 31.2 Å². The summed E-state index contributed by atoms with van der Waals surface area (Å²) < 4.78 is 12.4. The molecule has 33 heavy (non-hydrogen) atoms. The maximum absolute atomic E-state index is 13.0. The molecule has 0 radical (unpaired) electrons. The van der Waals surface area contributed by atoms with E-state index in [1.54, 1.807) is 4.90 Å². The molecule has 168 valence electrons. The van der Waals surface area contributed by atoms with E-state index in [1.807, 2.05) is 61.5 Å². The Morgan fingerprint density at radius 2 is 1.70 bits per heavy atom. The summed E-state index contributed by atoms with van der Waals surface area (Å²) in [5.74, 6) is 1.25. The minimum Gasteiger partial charge on any atom is -0.490 e. The third-order valence-corrected chi connectivity index (χ3v) is 6.52. The van der Waals surface area contributed by atoms with Crippen molar-refractivity contribution in [2.45, 2.75) is 27.0 Å². The van der Waals surface area contributed by atoms with Crippen LogP contribution in [0.15, 0.2) is 77.7 Å². The molecular formula is C27H25NO3S2. The van der Waals surface area contributed by atoms with Gasteiger partial charge < -0.3 is 9.47 Å². The van der Waals surface area contributed by atoms with Gasteiger partial charge in [-0.15, -0.1) is 0 Å². The molecule has 0 aromatic heterocycles. The highest BCUT2D eigenvalue weighted by Gasteiger charge is 2.32. The van der Waals surface area contributed by atoms with E-state index in [1.165, 1.54) is 17.3 Å². The van der Waals surface area contributed by atoms with Gasteiger partial charge in [0.2, 0.25) is 0 Å². The van der Waals surface area contributed by atoms with Crippen LogP contribution in [0.2, 0.25) is 0 Å². The molecule has 0 unspecified atom stereocenters. The minimum absolute atomic E-state index is 0.0773. The lowest BCUT2D eigenvalue weighted by atomic mass is 10.1. The second-order valence-electron chi connectivity index (χ2n) is 7.67. The number of hydrogen-bond donors (Lipinski definition) is 0. The van der Waals surface area contributed by atoms with Gasteiger partial charge in [-0.3, -0.25) is 9.69 Å². The Morgan fingerprint density at radius 3 is 2.42 bits per heavy atom. The van der Waals surface area contributed by atoms with E-state index in [0.29, 0.717) is 40.5 Å². The van der Waals surface area contributed by atoms with Gasteiger partial charge in [-0.1, -0.05) is 90.2 Å². The molecule has 4 rings (SSSR count). The van der Waals surface area contributed by atoms with Crippen molar-refractivity contribution in [3.63, 3.8) is 0 Å². The monoisotopic (exact) mass is 475 g/mol. The van der Waals surface area contributed by atoms with Gasteiger partial charge >= 0.3 is 0 Å². The fourth-order valence-corrected chi connectivity index (χ4v) is 4.66. The van der Waals surface area contributed by atoms with Crippen LogP contribution in [-0.2, 0) is 17.9 Å². The van der Waals surface area contributed by atoms with E-state index in [0.717, 1.165) is 16.7 Å². The van der Waals surface area contributed by atoms with Crippen LogP contribution in [0.3, 0.4) is 0 Å². The molecule has 1 amide bonds. The number of thiocarbonyl (C=S) groups is 1. The zero-order valence-corrected chi connectivity index (χ0v) is 20.2. The van der Waals surface area contributed by atoms with E-state index in [-0.39, 0.29) is 5.91 Å². The first-order valence-corrected chi connectivity index (χ1v) is 12.0. The fourth-order valence-electron chi connectivity index (χ4n) is 3.40. The summed E-state index contributed by atoms with van der Waals surface area (Å²) in [7, 11) is 0. The Labute approximate surface area is 204 Å². The molecule has 0 N–H and O–H groups in total. The van der Waals surface area contributed by atoms with Crippen molar-refractivity contribution >= 4 is 40.3 Å². The highest BCUT2D eigenvalue weighted by Crippen LogP contribution is 2.35. The molecule has 1 heterocycles. The number of hydrogen-bond acceptors (Lipinski definition) is 5. The molecular weight excluding hydrogens is 450 g/mol. The molecule has 0 aliphatic carbocycles. The van der Waals surface area contributed by atoms with Crippen molar-refractivity contribution in [1.82, 2.24) is 4.90 Å². The predicted octanol–water partition coefficient (Wildman–Crippen LogP) is 6.37. The number of carbonyl (C=O) groups is 1. The topological polar surface area (TPSA) is 38.8 Å². The first-order chi connectivity index (χ1) is 16.0. The van der Waals surface area contributed by atoms with E-state index in [9.17, 15) is 4.79 Å². The van der Waals surface area contributed by atoms with Gasteiger partial charge in [-0.05, 0) is 48.7 Å². The van der Waals surface area contributed by atoms with Crippen LogP contribution >= 0.6 is 24.0 Å². The fraction of sp³-hybridized carbons (Fsp3) is 0.185. The maximum Gasteiger partial charge on any atom is 0.266 e. The van der Waals surface area contributed by atoms with Gasteiger partial charge in [0.15, 0.2) is 11.5 Å². The molecule has 6 heteroatoms. The third kappa shape index (κ3) is 5.83. The van der Waals surface area contributed by atoms with Gasteiger partial charge in [0, 0.05) is 0 Å². The largest absolute Gasteiger partial charge is 0.490 e. The Balaban J connectivity index is 1.50. The van der Waals surface area contributed by atoms with Crippen LogP contribution in [0, 0.1) is 6.92 Å². The molecule has 1 saturated heterocycles. The molecule has 1 fully saturated rings. The van der Waals surface area contributed by atoms with Crippen molar-refractivity contribution in [1.29, 1.82) is 0 Å². The summed E-state index contributed by atoms with van der Waals surface area (Å²) in [6, 6.07) is 23.8. The highest BCUT2D eigenvalue weighted by molar-refractivity contribution is 8.26. The zero-order valence-electron chi connectivity index (χ0n) is 18.6. The average molecular weight is 476 g/mol. The second-order valence-corrected chi connectivity index (χ2v) is 9.34. The minimum atomic E-state index is -0.0773. The first-order valence-electron chi connectivity index (χ1n) is 10.8. The number of carbonyl (C=O) groups excluding carboxylic acids is 1. The summed E-state index contributed by atoms with van der Waals surface area (Å²) in [6.45, 7) is 5.44. The lowest BCUT2D eigenvalue weighted by molar-refractivity contribution is -0.122. The molecule has 4 nitrogen and oxygen atoms in total. The smallest absolute Gasteiger partial charge is 0.266 e. The maximum atomic E-state index is 13.0. The van der Waals surface area contributed by atoms with E-state index >= 15 is 0 Å². The Morgan fingerprint density at radius 1 is 0.939 bits per heavy atom. The lowest BCUT2D eigenvalue weighted by Crippen LogP contribution is -2.27. The number of rotatable bonds is 8. The number of nitrogens with zero attached hydrogens (tertiary/aromatic N) is 1. The van der Waals surface area contributed by atoms with Gasteiger partial charge in [0.25, 0.3) is 5.91 Å². The first kappa shape index (κ1) is 23.1. The molecule has 3 aromatic rings. The van der Waals surface area contributed by atoms with Gasteiger partial charge in [-0.25, -0.2) is 0 Å². The number of aryl methyl sites for hydroxylation is 1. The van der Waals surface area contributed by atoms with Crippen molar-refractivity contribution in [3.8, 4) is 11.5 Å². The molecule has 1 aliphatic rings. The van der Waals surface area contributed by atoms with Crippen LogP contribution in [0.25, 0.3) is 6.08 Å².